The lowest BCUT2D eigenvalue weighted by Crippen LogP contribution is -2.40. The van der Waals surface area contributed by atoms with E-state index < -0.39 is 6.10 Å². The molecule has 7 heteroatoms. The fourth-order valence-electron chi connectivity index (χ4n) is 2.76. The molecule has 3 N–H and O–H groups in total. The molecule has 1 aliphatic carbocycles. The van der Waals surface area contributed by atoms with Crippen molar-refractivity contribution >= 4 is 29.9 Å². The topological polar surface area (TPSA) is 79.0 Å². The van der Waals surface area contributed by atoms with Crippen LogP contribution in [0.3, 0.4) is 0 Å². The minimum absolute atomic E-state index is 0. The number of guanidine groups is 1. The van der Waals surface area contributed by atoms with Crippen molar-refractivity contribution in [1.29, 1.82) is 0 Å². The molecular weight excluding hydrogens is 421 g/mol. The Morgan fingerprint density at radius 1 is 1.38 bits per heavy atom. The number of hydrogen-bond donors (Lipinski definition) is 3. The quantitative estimate of drug-likeness (QED) is 0.245. The van der Waals surface area contributed by atoms with Crippen molar-refractivity contribution in [2.45, 2.75) is 50.7 Å². The number of hydrogen-bond acceptors (Lipinski definition) is 4. The maximum Gasteiger partial charge on any atom is 0.191 e. The van der Waals surface area contributed by atoms with Crippen LogP contribution in [0.2, 0.25) is 0 Å². The highest BCUT2D eigenvalue weighted by atomic mass is 127. The lowest BCUT2D eigenvalue weighted by Gasteiger charge is -2.22. The molecule has 24 heavy (non-hydrogen) atoms. The van der Waals surface area contributed by atoms with E-state index in [2.05, 4.69) is 15.6 Å². The molecule has 1 heterocycles. The smallest absolute Gasteiger partial charge is 0.191 e. The van der Waals surface area contributed by atoms with Crippen LogP contribution in [0.15, 0.2) is 27.8 Å². The second-order valence-corrected chi connectivity index (χ2v) is 5.90. The van der Waals surface area contributed by atoms with Crippen LogP contribution in [0, 0.1) is 0 Å². The highest BCUT2D eigenvalue weighted by Gasteiger charge is 2.13. The molecule has 1 aromatic rings. The van der Waals surface area contributed by atoms with Crippen molar-refractivity contribution in [2.24, 2.45) is 4.99 Å². The third-order valence-corrected chi connectivity index (χ3v) is 4.08. The molecular formula is C17H30IN3O3. The molecule has 0 radical (unpaired) electrons. The van der Waals surface area contributed by atoms with Gasteiger partial charge in [-0.1, -0.05) is 19.3 Å². The first-order chi connectivity index (χ1) is 11.3. The van der Waals surface area contributed by atoms with Crippen molar-refractivity contribution in [3.8, 4) is 0 Å². The Hall–Kier alpha value is -0.800. The summed E-state index contributed by atoms with van der Waals surface area (Å²) in [5.41, 5.74) is 0. The van der Waals surface area contributed by atoms with Gasteiger partial charge >= 0.3 is 0 Å². The van der Waals surface area contributed by atoms with Crippen molar-refractivity contribution in [2.75, 3.05) is 26.7 Å². The maximum absolute atomic E-state index is 9.95. The van der Waals surface area contributed by atoms with E-state index in [1.807, 2.05) is 0 Å². The van der Waals surface area contributed by atoms with Crippen LogP contribution in [0.1, 0.15) is 50.4 Å². The van der Waals surface area contributed by atoms with Crippen molar-refractivity contribution < 1.29 is 14.3 Å². The Kier molecular flexibility index (Phi) is 11.1. The second kappa shape index (κ2) is 12.5. The summed E-state index contributed by atoms with van der Waals surface area (Å²) in [6.07, 6.45) is 8.66. The molecule has 1 aliphatic rings. The molecule has 0 saturated heterocycles. The Labute approximate surface area is 161 Å². The summed E-state index contributed by atoms with van der Waals surface area (Å²) in [6.45, 7) is 1.93. The van der Waals surface area contributed by atoms with Gasteiger partial charge in [0.25, 0.3) is 0 Å². The van der Waals surface area contributed by atoms with Gasteiger partial charge in [-0.3, -0.25) is 4.99 Å². The van der Waals surface area contributed by atoms with Crippen LogP contribution in [0.4, 0.5) is 0 Å². The van der Waals surface area contributed by atoms with Gasteiger partial charge in [0.2, 0.25) is 0 Å². The van der Waals surface area contributed by atoms with Gasteiger partial charge < -0.3 is 24.9 Å². The van der Waals surface area contributed by atoms with E-state index >= 15 is 0 Å². The molecule has 1 fully saturated rings. The number of aliphatic hydroxyl groups excluding tert-OH is 1. The first kappa shape index (κ1) is 21.2. The number of rotatable bonds is 8. The molecule has 1 aromatic heterocycles. The molecule has 2 rings (SSSR count). The zero-order valence-electron chi connectivity index (χ0n) is 14.4. The number of nitrogens with zero attached hydrogens (tertiary/aromatic N) is 1. The minimum atomic E-state index is -0.682. The summed E-state index contributed by atoms with van der Waals surface area (Å²) in [6, 6.07) is 3.52. The van der Waals surface area contributed by atoms with Crippen LogP contribution in [0.25, 0.3) is 0 Å². The van der Waals surface area contributed by atoms with Crippen LogP contribution < -0.4 is 10.6 Å². The minimum Gasteiger partial charge on any atom is -0.467 e. The average Bonchev–Trinajstić information content (AvgIpc) is 3.12. The standard InChI is InChI=1S/C17H29N3O3.HI/c1-18-17(20-13-15(21)16-9-5-11-23-16)19-10-6-12-22-14-7-3-2-4-8-14;/h5,9,11,14-15,21H,2-4,6-8,10,12-13H2,1H3,(H2,18,19,20);1H. The second-order valence-electron chi connectivity index (χ2n) is 5.90. The first-order valence-electron chi connectivity index (χ1n) is 8.57. The van der Waals surface area contributed by atoms with E-state index in [4.69, 9.17) is 9.15 Å². The van der Waals surface area contributed by atoms with Gasteiger partial charge in [-0.15, -0.1) is 24.0 Å². The number of halogens is 1. The van der Waals surface area contributed by atoms with E-state index in [9.17, 15) is 5.11 Å². The average molecular weight is 451 g/mol. The zero-order chi connectivity index (χ0) is 16.3. The summed E-state index contributed by atoms with van der Waals surface area (Å²) in [7, 11) is 1.72. The van der Waals surface area contributed by atoms with Crippen LogP contribution in [-0.2, 0) is 4.74 Å². The molecule has 0 spiro atoms. The van der Waals surface area contributed by atoms with Gasteiger partial charge in [-0.25, -0.2) is 0 Å². The predicted octanol–water partition coefficient (Wildman–Crippen LogP) is 2.84. The van der Waals surface area contributed by atoms with E-state index in [0.717, 1.165) is 19.6 Å². The normalized spacial score (nSPS) is 17.2. The van der Waals surface area contributed by atoms with Gasteiger partial charge in [0.15, 0.2) is 5.96 Å². The lowest BCUT2D eigenvalue weighted by molar-refractivity contribution is 0.0277. The van der Waals surface area contributed by atoms with E-state index in [0.29, 0.717) is 24.4 Å². The van der Waals surface area contributed by atoms with Crippen LogP contribution in [-0.4, -0.2) is 43.9 Å². The number of aliphatic imine (C=N–C) groups is 1. The largest absolute Gasteiger partial charge is 0.467 e. The molecule has 138 valence electrons. The summed E-state index contributed by atoms with van der Waals surface area (Å²) in [5, 5.41) is 16.3. The van der Waals surface area contributed by atoms with Gasteiger partial charge in [-0.05, 0) is 31.4 Å². The summed E-state index contributed by atoms with van der Waals surface area (Å²) in [5.74, 6) is 1.22. The Bertz CT molecular complexity index is 448. The summed E-state index contributed by atoms with van der Waals surface area (Å²) >= 11 is 0. The summed E-state index contributed by atoms with van der Waals surface area (Å²) in [4.78, 5) is 4.14. The van der Waals surface area contributed by atoms with E-state index in [-0.39, 0.29) is 24.0 Å². The third-order valence-electron chi connectivity index (χ3n) is 4.08. The Balaban J connectivity index is 0.00000288. The molecule has 0 amide bonds. The highest BCUT2D eigenvalue weighted by Crippen LogP contribution is 2.20. The van der Waals surface area contributed by atoms with Gasteiger partial charge in [0.05, 0.1) is 18.9 Å². The fourth-order valence-corrected chi connectivity index (χ4v) is 2.76. The molecule has 6 nitrogen and oxygen atoms in total. The highest BCUT2D eigenvalue weighted by molar-refractivity contribution is 14.0. The maximum atomic E-state index is 9.95. The fraction of sp³-hybridized carbons (Fsp3) is 0.706. The summed E-state index contributed by atoms with van der Waals surface area (Å²) < 4.78 is 11.1. The number of ether oxygens (including phenoxy) is 1. The van der Waals surface area contributed by atoms with Gasteiger partial charge in [0, 0.05) is 20.2 Å². The third kappa shape index (κ3) is 7.85. The van der Waals surface area contributed by atoms with Crippen molar-refractivity contribution in [1.82, 2.24) is 10.6 Å². The Morgan fingerprint density at radius 3 is 2.83 bits per heavy atom. The molecule has 0 aliphatic heterocycles. The number of furan rings is 1. The first-order valence-corrected chi connectivity index (χ1v) is 8.57. The monoisotopic (exact) mass is 451 g/mol. The van der Waals surface area contributed by atoms with Crippen molar-refractivity contribution in [3.05, 3.63) is 24.2 Å². The number of aliphatic hydroxyl groups is 1. The molecule has 1 unspecified atom stereocenters. The lowest BCUT2D eigenvalue weighted by atomic mass is 9.98. The van der Waals surface area contributed by atoms with E-state index in [1.54, 1.807) is 25.4 Å². The van der Waals surface area contributed by atoms with Crippen LogP contribution >= 0.6 is 24.0 Å². The van der Waals surface area contributed by atoms with Crippen molar-refractivity contribution in [3.63, 3.8) is 0 Å². The van der Waals surface area contributed by atoms with Gasteiger partial charge in [0.1, 0.15) is 11.9 Å². The Morgan fingerprint density at radius 2 is 2.17 bits per heavy atom. The molecule has 1 saturated carbocycles. The zero-order valence-corrected chi connectivity index (χ0v) is 16.7. The molecule has 0 bridgehead atoms. The number of nitrogens with one attached hydrogen (secondary N) is 2. The predicted molar refractivity (Wildman–Crippen MR) is 106 cm³/mol. The van der Waals surface area contributed by atoms with Gasteiger partial charge in [-0.2, -0.15) is 0 Å². The molecule has 0 aromatic carbocycles. The van der Waals surface area contributed by atoms with E-state index in [1.165, 1.54) is 32.1 Å². The SMILES string of the molecule is CN=C(NCCCOC1CCCCC1)NCC(O)c1ccco1.I. The van der Waals surface area contributed by atoms with Crippen LogP contribution in [0.5, 0.6) is 0 Å². The molecule has 1 atom stereocenters.